The number of nitrogens with zero attached hydrogens (tertiary/aromatic N) is 1. The first-order valence-electron chi connectivity index (χ1n) is 5.38. The van der Waals surface area contributed by atoms with Crippen molar-refractivity contribution in [2.75, 3.05) is 0 Å². The molecule has 1 heterocycles. The molecule has 0 aliphatic heterocycles. The van der Waals surface area contributed by atoms with Gasteiger partial charge in [-0.15, -0.1) is 0 Å². The fraction of sp³-hybridized carbons (Fsp3) is 0.0769. The Balaban J connectivity index is 2.08. The van der Waals surface area contributed by atoms with Crippen molar-refractivity contribution in [2.24, 2.45) is 5.73 Å². The molecule has 0 amide bonds. The van der Waals surface area contributed by atoms with Gasteiger partial charge >= 0.3 is 0 Å². The Morgan fingerprint density at radius 3 is 2.79 bits per heavy atom. The Kier molecular flexibility index (Phi) is 4.29. The van der Waals surface area contributed by atoms with Crippen LogP contribution in [0, 0.1) is 5.82 Å². The fourth-order valence-electron chi connectivity index (χ4n) is 1.49. The second-order valence-electron chi connectivity index (χ2n) is 3.81. The molecule has 0 saturated heterocycles. The first kappa shape index (κ1) is 13.7. The van der Waals surface area contributed by atoms with Crippen LogP contribution in [0.1, 0.15) is 11.1 Å². The molecular formula is C13H10ClFN2OS. The van der Waals surface area contributed by atoms with Crippen molar-refractivity contribution in [2.45, 2.75) is 6.61 Å². The molecule has 0 atom stereocenters. The van der Waals surface area contributed by atoms with Gasteiger partial charge in [0.25, 0.3) is 0 Å². The van der Waals surface area contributed by atoms with E-state index in [1.807, 2.05) is 0 Å². The molecule has 0 unspecified atom stereocenters. The van der Waals surface area contributed by atoms with E-state index in [0.717, 1.165) is 6.20 Å². The van der Waals surface area contributed by atoms with E-state index >= 15 is 0 Å². The van der Waals surface area contributed by atoms with Crippen LogP contribution in [0.3, 0.4) is 0 Å². The summed E-state index contributed by atoms with van der Waals surface area (Å²) in [5, 5.41) is 0.419. The predicted octanol–water partition coefficient (Wildman–Crippen LogP) is 3.09. The van der Waals surface area contributed by atoms with Crippen LogP contribution >= 0.6 is 23.8 Å². The molecule has 98 valence electrons. The van der Waals surface area contributed by atoms with Crippen molar-refractivity contribution in [1.29, 1.82) is 0 Å². The molecule has 0 fully saturated rings. The highest BCUT2D eigenvalue weighted by molar-refractivity contribution is 7.80. The lowest BCUT2D eigenvalue weighted by molar-refractivity contribution is 0.305. The summed E-state index contributed by atoms with van der Waals surface area (Å²) in [7, 11) is 0. The first-order chi connectivity index (χ1) is 9.06. The Labute approximate surface area is 120 Å². The van der Waals surface area contributed by atoms with Gasteiger partial charge in [-0.1, -0.05) is 23.8 Å². The summed E-state index contributed by atoms with van der Waals surface area (Å²) < 4.78 is 18.4. The Hall–Kier alpha value is -1.72. The minimum absolute atomic E-state index is 0.202. The molecule has 1 aromatic heterocycles. The molecule has 0 radical (unpaired) electrons. The lowest BCUT2D eigenvalue weighted by Gasteiger charge is -2.08. The van der Waals surface area contributed by atoms with Gasteiger partial charge in [0.1, 0.15) is 23.2 Å². The van der Waals surface area contributed by atoms with Crippen LogP contribution in [-0.4, -0.2) is 9.97 Å². The molecule has 0 bridgehead atoms. The minimum atomic E-state index is -0.400. The summed E-state index contributed by atoms with van der Waals surface area (Å²) in [6, 6.07) is 6.36. The minimum Gasteiger partial charge on any atom is -0.489 e. The summed E-state index contributed by atoms with van der Waals surface area (Å²) in [5.74, 6) is 0.150. The Bertz CT molecular complexity index is 621. The maximum absolute atomic E-state index is 12.9. The summed E-state index contributed by atoms with van der Waals surface area (Å²) in [5.41, 5.74) is 6.73. The summed E-state index contributed by atoms with van der Waals surface area (Å²) in [6.45, 7) is 0.202. The van der Waals surface area contributed by atoms with Gasteiger partial charge < -0.3 is 10.5 Å². The maximum Gasteiger partial charge on any atom is 0.141 e. The largest absolute Gasteiger partial charge is 0.489 e. The molecule has 0 saturated carbocycles. The molecular weight excluding hydrogens is 287 g/mol. The molecule has 19 heavy (non-hydrogen) atoms. The molecule has 0 spiro atoms. The lowest BCUT2D eigenvalue weighted by atomic mass is 10.2. The van der Waals surface area contributed by atoms with Crippen molar-refractivity contribution >= 4 is 28.8 Å². The van der Waals surface area contributed by atoms with Crippen LogP contribution in [-0.2, 0) is 6.61 Å². The molecule has 0 aliphatic rings. The lowest BCUT2D eigenvalue weighted by Crippen LogP contribution is -2.09. The summed E-state index contributed by atoms with van der Waals surface area (Å²) in [4.78, 5) is 3.96. The highest BCUT2D eigenvalue weighted by Gasteiger charge is 2.05. The highest BCUT2D eigenvalue weighted by atomic mass is 35.5. The second-order valence-corrected chi connectivity index (χ2v) is 4.65. The third-order valence-corrected chi connectivity index (χ3v) is 2.91. The van der Waals surface area contributed by atoms with Gasteiger partial charge in [0.05, 0.1) is 11.2 Å². The topological polar surface area (TPSA) is 48.1 Å². The number of halogens is 2. The highest BCUT2D eigenvalue weighted by Crippen LogP contribution is 2.23. The van der Waals surface area contributed by atoms with Crippen LogP contribution < -0.4 is 10.5 Å². The zero-order valence-corrected chi connectivity index (χ0v) is 11.3. The van der Waals surface area contributed by atoms with Gasteiger partial charge in [-0.05, 0) is 24.3 Å². The van der Waals surface area contributed by atoms with Crippen molar-refractivity contribution in [3.63, 3.8) is 0 Å². The fourth-order valence-corrected chi connectivity index (χ4v) is 1.99. The van der Waals surface area contributed by atoms with E-state index in [4.69, 9.17) is 34.3 Å². The zero-order chi connectivity index (χ0) is 13.8. The summed E-state index contributed by atoms with van der Waals surface area (Å²) in [6.07, 6.45) is 2.67. The predicted molar refractivity (Wildman–Crippen MR) is 75.9 cm³/mol. The molecule has 2 aromatic rings. The monoisotopic (exact) mass is 296 g/mol. The number of pyridine rings is 1. The second kappa shape index (κ2) is 5.95. The van der Waals surface area contributed by atoms with E-state index in [2.05, 4.69) is 4.98 Å². The van der Waals surface area contributed by atoms with Crippen LogP contribution in [0.5, 0.6) is 5.75 Å². The standard InChI is InChI=1S/C13H10ClFN2OS/c14-12-4-10(1-2-11(12)13(16)19)18-7-8-3-9(15)6-17-5-8/h1-6H,7H2,(H2,16,19). The van der Waals surface area contributed by atoms with E-state index in [1.165, 1.54) is 12.3 Å². The smallest absolute Gasteiger partial charge is 0.141 e. The maximum atomic E-state index is 12.9. The van der Waals surface area contributed by atoms with Crippen LogP contribution in [0.25, 0.3) is 0 Å². The third kappa shape index (κ3) is 3.62. The average molecular weight is 297 g/mol. The van der Waals surface area contributed by atoms with Crippen molar-refractivity contribution < 1.29 is 9.13 Å². The van der Waals surface area contributed by atoms with Gasteiger partial charge in [0, 0.05) is 17.3 Å². The third-order valence-electron chi connectivity index (χ3n) is 2.37. The number of rotatable bonds is 4. The molecule has 2 N–H and O–H groups in total. The zero-order valence-electron chi connectivity index (χ0n) is 9.77. The summed E-state index contributed by atoms with van der Waals surface area (Å²) >= 11 is 10.9. The molecule has 1 aromatic carbocycles. The molecule has 0 aliphatic carbocycles. The van der Waals surface area contributed by atoms with Gasteiger partial charge in [0.2, 0.25) is 0 Å². The number of hydrogen-bond donors (Lipinski definition) is 1. The van der Waals surface area contributed by atoms with Crippen molar-refractivity contribution in [1.82, 2.24) is 4.98 Å². The number of benzene rings is 1. The van der Waals surface area contributed by atoms with Crippen LogP contribution in [0.2, 0.25) is 5.02 Å². The van der Waals surface area contributed by atoms with Crippen molar-refractivity contribution in [3.8, 4) is 5.75 Å². The van der Waals surface area contributed by atoms with Gasteiger partial charge in [0.15, 0.2) is 0 Å². The number of hydrogen-bond acceptors (Lipinski definition) is 3. The Morgan fingerprint density at radius 1 is 1.37 bits per heavy atom. The number of ether oxygens (including phenoxy) is 1. The molecule has 3 nitrogen and oxygen atoms in total. The van der Waals surface area contributed by atoms with E-state index in [0.29, 0.717) is 21.9 Å². The normalized spacial score (nSPS) is 10.2. The van der Waals surface area contributed by atoms with E-state index in [-0.39, 0.29) is 11.6 Å². The number of aromatic nitrogens is 1. The molecule has 2 rings (SSSR count). The van der Waals surface area contributed by atoms with E-state index in [9.17, 15) is 4.39 Å². The number of nitrogens with two attached hydrogens (primary N) is 1. The van der Waals surface area contributed by atoms with Crippen LogP contribution in [0.15, 0.2) is 36.7 Å². The van der Waals surface area contributed by atoms with E-state index < -0.39 is 5.82 Å². The number of thiocarbonyl (C=S) groups is 1. The van der Waals surface area contributed by atoms with Gasteiger partial charge in [-0.25, -0.2) is 4.39 Å². The first-order valence-corrected chi connectivity index (χ1v) is 6.16. The van der Waals surface area contributed by atoms with Crippen molar-refractivity contribution in [3.05, 3.63) is 58.6 Å². The SMILES string of the molecule is NC(=S)c1ccc(OCc2cncc(F)c2)cc1Cl. The van der Waals surface area contributed by atoms with Gasteiger partial charge in [-0.3, -0.25) is 4.98 Å². The van der Waals surface area contributed by atoms with E-state index in [1.54, 1.807) is 18.2 Å². The van der Waals surface area contributed by atoms with Crippen LogP contribution in [0.4, 0.5) is 4.39 Å². The molecule has 6 heteroatoms. The quantitative estimate of drug-likeness (QED) is 0.881. The average Bonchev–Trinajstić information content (AvgIpc) is 2.36. The van der Waals surface area contributed by atoms with Gasteiger partial charge in [-0.2, -0.15) is 0 Å². The Morgan fingerprint density at radius 2 is 2.16 bits per heavy atom.